The summed E-state index contributed by atoms with van der Waals surface area (Å²) in [6.07, 6.45) is 4.95. The van der Waals surface area contributed by atoms with Gasteiger partial charge in [0.2, 0.25) is 5.91 Å². The van der Waals surface area contributed by atoms with Crippen LogP contribution in [-0.2, 0) is 11.2 Å². The molecule has 1 amide bonds. The first-order chi connectivity index (χ1) is 13.6. The molecule has 3 rings (SSSR count). The monoisotopic (exact) mass is 406 g/mol. The average Bonchev–Trinajstić information content (AvgIpc) is 3.26. The molecule has 1 aromatic heterocycles. The fraction of sp³-hybridized carbons (Fsp3) is 0.650. The number of rotatable bonds is 5. The fourth-order valence-electron chi connectivity index (χ4n) is 3.88. The van der Waals surface area contributed by atoms with Crippen molar-refractivity contribution in [2.45, 2.75) is 32.2 Å². The summed E-state index contributed by atoms with van der Waals surface area (Å²) in [6.45, 7) is 8.18. The largest absolute Gasteiger partial charge is 0.356 e. The molecule has 0 saturated carbocycles. The number of aromatic nitrogens is 1. The second-order valence-electron chi connectivity index (χ2n) is 7.44. The van der Waals surface area contributed by atoms with Crippen LogP contribution in [0.3, 0.4) is 0 Å². The number of halogens is 1. The summed E-state index contributed by atoms with van der Waals surface area (Å²) in [7, 11) is 1.82. The third kappa shape index (κ3) is 5.35. The Labute approximate surface area is 172 Å². The van der Waals surface area contributed by atoms with Gasteiger partial charge in [-0.3, -0.25) is 14.7 Å². The van der Waals surface area contributed by atoms with E-state index in [-0.39, 0.29) is 11.9 Å². The number of nitrogens with one attached hydrogen (secondary N) is 1. The van der Waals surface area contributed by atoms with E-state index < -0.39 is 0 Å². The minimum absolute atomic E-state index is 0.0346. The first-order valence-corrected chi connectivity index (χ1v) is 10.5. The van der Waals surface area contributed by atoms with Crippen molar-refractivity contribution in [3.8, 4) is 0 Å². The first kappa shape index (κ1) is 20.9. The van der Waals surface area contributed by atoms with Crippen LogP contribution in [0, 0.1) is 0 Å². The van der Waals surface area contributed by atoms with Crippen molar-refractivity contribution in [3.05, 3.63) is 29.0 Å². The lowest BCUT2D eigenvalue weighted by Gasteiger charge is -2.39. The third-order valence-corrected chi connectivity index (χ3v) is 5.86. The number of nitrogens with zero attached hydrogens (tertiary/aromatic N) is 5. The highest BCUT2D eigenvalue weighted by molar-refractivity contribution is 6.29. The van der Waals surface area contributed by atoms with Gasteiger partial charge in [0.1, 0.15) is 5.15 Å². The Morgan fingerprint density at radius 3 is 2.50 bits per heavy atom. The van der Waals surface area contributed by atoms with Gasteiger partial charge in [-0.15, -0.1) is 0 Å². The molecule has 1 aromatic rings. The van der Waals surface area contributed by atoms with Crippen LogP contribution >= 0.6 is 11.6 Å². The van der Waals surface area contributed by atoms with Gasteiger partial charge in [0.15, 0.2) is 5.96 Å². The highest BCUT2D eigenvalue weighted by Gasteiger charge is 2.30. The number of carbonyl (C=O) groups excluding carboxylic acids is 1. The third-order valence-electron chi connectivity index (χ3n) is 5.63. The number of pyridine rings is 1. The van der Waals surface area contributed by atoms with Crippen molar-refractivity contribution in [2.75, 3.05) is 52.9 Å². The molecule has 0 aromatic carbocycles. The molecule has 2 saturated heterocycles. The van der Waals surface area contributed by atoms with Crippen LogP contribution in [0.15, 0.2) is 23.3 Å². The maximum absolute atomic E-state index is 12.6. The number of aliphatic imine (C=N–C) groups is 1. The molecule has 2 fully saturated rings. The van der Waals surface area contributed by atoms with Crippen LogP contribution in [0.5, 0.6) is 0 Å². The minimum Gasteiger partial charge on any atom is -0.356 e. The molecule has 1 unspecified atom stereocenters. The van der Waals surface area contributed by atoms with Crippen molar-refractivity contribution >= 4 is 23.5 Å². The topological polar surface area (TPSA) is 64.1 Å². The van der Waals surface area contributed by atoms with Crippen LogP contribution in [-0.4, -0.2) is 90.5 Å². The van der Waals surface area contributed by atoms with Gasteiger partial charge in [-0.25, -0.2) is 4.98 Å². The van der Waals surface area contributed by atoms with E-state index in [1.807, 2.05) is 37.2 Å². The highest BCUT2D eigenvalue weighted by Crippen LogP contribution is 2.14. The maximum Gasteiger partial charge on any atom is 0.239 e. The van der Waals surface area contributed by atoms with Gasteiger partial charge in [0.25, 0.3) is 0 Å². The van der Waals surface area contributed by atoms with Gasteiger partial charge in [0, 0.05) is 59.1 Å². The van der Waals surface area contributed by atoms with Crippen molar-refractivity contribution < 1.29 is 4.79 Å². The summed E-state index contributed by atoms with van der Waals surface area (Å²) in [5.74, 6) is 1.20. The predicted molar refractivity (Wildman–Crippen MR) is 113 cm³/mol. The van der Waals surface area contributed by atoms with Crippen LogP contribution in [0.1, 0.15) is 25.3 Å². The SMILES string of the molecule is CN=C(NCCc1ccc(Cl)nc1)N1CCN(C(C)C(=O)N2CCCC2)CC1. The smallest absolute Gasteiger partial charge is 0.239 e. The zero-order valence-corrected chi connectivity index (χ0v) is 17.7. The Kier molecular flexibility index (Phi) is 7.50. The average molecular weight is 407 g/mol. The van der Waals surface area contributed by atoms with E-state index in [2.05, 4.69) is 25.1 Å². The summed E-state index contributed by atoms with van der Waals surface area (Å²) in [4.78, 5) is 27.8. The molecule has 2 aliphatic rings. The molecular weight excluding hydrogens is 376 g/mol. The van der Waals surface area contributed by atoms with Crippen LogP contribution in [0.2, 0.25) is 5.15 Å². The number of hydrogen-bond donors (Lipinski definition) is 1. The van der Waals surface area contributed by atoms with Crippen LogP contribution in [0.25, 0.3) is 0 Å². The van der Waals surface area contributed by atoms with Gasteiger partial charge in [-0.05, 0) is 37.8 Å². The number of amides is 1. The zero-order chi connectivity index (χ0) is 19.9. The number of likely N-dealkylation sites (tertiary alicyclic amines) is 1. The normalized spacial score (nSPS) is 19.8. The van der Waals surface area contributed by atoms with E-state index in [0.29, 0.717) is 5.15 Å². The standard InChI is InChI=1S/C20H31ClN6O/c1-16(19(28)26-9-3-4-10-26)25-11-13-27(14-12-25)20(22-2)23-8-7-17-5-6-18(21)24-15-17/h5-6,15-16H,3-4,7-14H2,1-2H3,(H,22,23). The molecule has 0 radical (unpaired) electrons. The molecule has 0 spiro atoms. The van der Waals surface area contributed by atoms with Gasteiger partial charge in [-0.1, -0.05) is 17.7 Å². The maximum atomic E-state index is 12.6. The van der Waals surface area contributed by atoms with Gasteiger partial charge in [0.05, 0.1) is 6.04 Å². The van der Waals surface area contributed by atoms with Crippen molar-refractivity contribution in [1.29, 1.82) is 0 Å². The fourth-order valence-corrected chi connectivity index (χ4v) is 4.00. The molecule has 1 N–H and O–H groups in total. The summed E-state index contributed by atoms with van der Waals surface area (Å²) < 4.78 is 0. The van der Waals surface area contributed by atoms with Gasteiger partial charge >= 0.3 is 0 Å². The second-order valence-corrected chi connectivity index (χ2v) is 7.83. The highest BCUT2D eigenvalue weighted by atomic mass is 35.5. The molecule has 3 heterocycles. The van der Waals surface area contributed by atoms with Crippen molar-refractivity contribution in [2.24, 2.45) is 4.99 Å². The summed E-state index contributed by atoms with van der Waals surface area (Å²) >= 11 is 5.83. The van der Waals surface area contributed by atoms with E-state index in [1.54, 1.807) is 0 Å². The van der Waals surface area contributed by atoms with Crippen molar-refractivity contribution in [3.63, 3.8) is 0 Å². The molecule has 2 aliphatic heterocycles. The van der Waals surface area contributed by atoms with E-state index in [0.717, 1.165) is 76.6 Å². The number of piperazine rings is 1. The molecule has 7 nitrogen and oxygen atoms in total. The number of guanidine groups is 1. The lowest BCUT2D eigenvalue weighted by atomic mass is 10.2. The van der Waals surface area contributed by atoms with Gasteiger partial charge in [-0.2, -0.15) is 0 Å². The Hall–Kier alpha value is -1.86. The quantitative estimate of drug-likeness (QED) is 0.456. The summed E-state index contributed by atoms with van der Waals surface area (Å²) in [6, 6.07) is 3.78. The summed E-state index contributed by atoms with van der Waals surface area (Å²) in [5, 5.41) is 3.95. The van der Waals surface area contributed by atoms with E-state index in [9.17, 15) is 4.79 Å². The molecule has 28 heavy (non-hydrogen) atoms. The Bertz CT molecular complexity index is 666. The van der Waals surface area contributed by atoms with Gasteiger partial charge < -0.3 is 15.1 Å². The number of carbonyl (C=O) groups is 1. The van der Waals surface area contributed by atoms with E-state index in [4.69, 9.17) is 11.6 Å². The van der Waals surface area contributed by atoms with Crippen molar-refractivity contribution in [1.82, 2.24) is 25.0 Å². The lowest BCUT2D eigenvalue weighted by molar-refractivity contribution is -0.135. The van der Waals surface area contributed by atoms with Crippen LogP contribution < -0.4 is 5.32 Å². The molecule has 8 heteroatoms. The molecule has 154 valence electrons. The first-order valence-electron chi connectivity index (χ1n) is 10.2. The van der Waals surface area contributed by atoms with E-state index >= 15 is 0 Å². The molecule has 1 atom stereocenters. The second kappa shape index (κ2) is 10.1. The zero-order valence-electron chi connectivity index (χ0n) is 16.9. The Morgan fingerprint density at radius 2 is 1.89 bits per heavy atom. The Morgan fingerprint density at radius 1 is 1.18 bits per heavy atom. The van der Waals surface area contributed by atoms with E-state index in [1.165, 1.54) is 0 Å². The lowest BCUT2D eigenvalue weighted by Crippen LogP contribution is -2.57. The summed E-state index contributed by atoms with van der Waals surface area (Å²) in [5.41, 5.74) is 1.14. The molecule has 0 bridgehead atoms. The Balaban J connectivity index is 1.43. The molecule has 0 aliphatic carbocycles. The molecular formula is C20H31ClN6O. The predicted octanol–water partition coefficient (Wildman–Crippen LogP) is 1.48. The van der Waals surface area contributed by atoms with Crippen LogP contribution in [0.4, 0.5) is 0 Å². The minimum atomic E-state index is -0.0346. The number of hydrogen-bond acceptors (Lipinski definition) is 4.